The number of aromatic nitrogens is 2. The molecule has 0 atom stereocenters. The Bertz CT molecular complexity index is 1270. The molecule has 1 amide bonds. The highest BCUT2D eigenvalue weighted by Gasteiger charge is 2.26. The normalized spacial score (nSPS) is 16.2. The minimum Gasteiger partial charge on any atom is -0.350 e. The Labute approximate surface area is 214 Å². The first kappa shape index (κ1) is 23.5. The lowest BCUT2D eigenvalue weighted by atomic mass is 9.85. The summed E-state index contributed by atoms with van der Waals surface area (Å²) in [5, 5.41) is 9.07. The van der Waals surface area contributed by atoms with E-state index in [1.54, 1.807) is 17.4 Å². The average Bonchev–Trinajstić information content (AvgIpc) is 3.50. The van der Waals surface area contributed by atoms with Gasteiger partial charge in [-0.3, -0.25) is 4.79 Å². The Morgan fingerprint density at radius 2 is 1.94 bits per heavy atom. The molecule has 176 valence electrons. The van der Waals surface area contributed by atoms with Crippen molar-refractivity contribution in [3.05, 3.63) is 56.5 Å². The van der Waals surface area contributed by atoms with Crippen LogP contribution in [0.15, 0.2) is 30.3 Å². The van der Waals surface area contributed by atoms with Crippen molar-refractivity contribution in [3.8, 4) is 28.1 Å². The van der Waals surface area contributed by atoms with E-state index in [1.807, 2.05) is 16.8 Å². The molecule has 0 unspecified atom stereocenters. The second-order valence-corrected chi connectivity index (χ2v) is 11.1. The van der Waals surface area contributed by atoms with E-state index in [2.05, 4.69) is 36.2 Å². The molecule has 1 aromatic carbocycles. The predicted octanol–water partition coefficient (Wildman–Crippen LogP) is 7.17. The molecule has 4 nitrogen and oxygen atoms in total. The molecular formula is C27H27Cl2N3OS. The highest BCUT2D eigenvalue weighted by molar-refractivity contribution is 7.16. The number of thiophene rings is 1. The van der Waals surface area contributed by atoms with Gasteiger partial charge >= 0.3 is 0 Å². The SMILES string of the molecule is Cc1c(CNC(=O)C2CCC2)nn(-c2ccc(Cl)cc2Cl)c1-c1ccc(C#CC2CCCC2)s1. The van der Waals surface area contributed by atoms with Gasteiger partial charge in [-0.05, 0) is 62.9 Å². The number of hydrogen-bond acceptors (Lipinski definition) is 3. The Morgan fingerprint density at radius 3 is 2.65 bits per heavy atom. The maximum atomic E-state index is 12.4. The fraction of sp³-hybridized carbons (Fsp3) is 0.407. The van der Waals surface area contributed by atoms with E-state index in [0.29, 0.717) is 22.5 Å². The van der Waals surface area contributed by atoms with Gasteiger partial charge in [-0.2, -0.15) is 5.10 Å². The van der Waals surface area contributed by atoms with E-state index >= 15 is 0 Å². The second kappa shape index (κ2) is 10.2. The van der Waals surface area contributed by atoms with Crippen molar-refractivity contribution in [1.82, 2.24) is 15.1 Å². The number of amides is 1. The molecule has 2 aliphatic carbocycles. The lowest BCUT2D eigenvalue weighted by Crippen LogP contribution is -2.34. The fourth-order valence-electron chi connectivity index (χ4n) is 4.59. The summed E-state index contributed by atoms with van der Waals surface area (Å²) in [4.78, 5) is 14.5. The minimum atomic E-state index is 0.117. The molecule has 0 radical (unpaired) electrons. The van der Waals surface area contributed by atoms with Gasteiger partial charge in [-0.15, -0.1) is 11.3 Å². The van der Waals surface area contributed by atoms with Crippen molar-refractivity contribution in [1.29, 1.82) is 0 Å². The lowest BCUT2D eigenvalue weighted by molar-refractivity contribution is -0.127. The number of nitrogens with one attached hydrogen (secondary N) is 1. The van der Waals surface area contributed by atoms with Crippen LogP contribution in [0, 0.1) is 30.6 Å². The molecule has 0 saturated heterocycles. The number of nitrogens with zero attached hydrogens (tertiary/aromatic N) is 2. The monoisotopic (exact) mass is 511 g/mol. The maximum Gasteiger partial charge on any atom is 0.223 e. The molecule has 3 aromatic rings. The molecule has 2 fully saturated rings. The van der Waals surface area contributed by atoms with Crippen LogP contribution >= 0.6 is 34.5 Å². The van der Waals surface area contributed by atoms with E-state index in [9.17, 15) is 4.79 Å². The first-order valence-electron chi connectivity index (χ1n) is 11.9. The molecule has 0 spiro atoms. The number of benzene rings is 1. The molecule has 5 rings (SSSR count). The van der Waals surface area contributed by atoms with Gasteiger partial charge in [-0.25, -0.2) is 4.68 Å². The van der Waals surface area contributed by atoms with Crippen LogP contribution in [-0.4, -0.2) is 15.7 Å². The summed E-state index contributed by atoms with van der Waals surface area (Å²) in [6, 6.07) is 9.61. The average molecular weight is 513 g/mol. The third kappa shape index (κ3) is 4.91. The summed E-state index contributed by atoms with van der Waals surface area (Å²) < 4.78 is 1.87. The Balaban J connectivity index is 1.49. The van der Waals surface area contributed by atoms with Gasteiger partial charge in [0.25, 0.3) is 0 Å². The molecule has 7 heteroatoms. The van der Waals surface area contributed by atoms with E-state index in [4.69, 9.17) is 28.3 Å². The third-order valence-corrected chi connectivity index (χ3v) is 8.40. The van der Waals surface area contributed by atoms with Crippen LogP contribution in [0.2, 0.25) is 10.0 Å². The van der Waals surface area contributed by atoms with Crippen molar-refractivity contribution < 1.29 is 4.79 Å². The Kier molecular flexibility index (Phi) is 7.01. The number of carbonyl (C=O) groups is 1. The van der Waals surface area contributed by atoms with Gasteiger partial charge in [0.1, 0.15) is 0 Å². The van der Waals surface area contributed by atoms with Gasteiger partial charge in [0.05, 0.1) is 38.4 Å². The van der Waals surface area contributed by atoms with E-state index in [0.717, 1.165) is 51.7 Å². The van der Waals surface area contributed by atoms with Crippen LogP contribution in [0.1, 0.15) is 61.1 Å². The third-order valence-electron chi connectivity index (χ3n) is 6.86. The van der Waals surface area contributed by atoms with Crippen molar-refractivity contribution >= 4 is 40.4 Å². The standard InChI is InChI=1S/C27H27Cl2N3OS/c1-17-23(16-30-27(33)19-7-4-8-19)31-32(24-13-10-20(28)15-22(24)29)26(17)25-14-12-21(34-25)11-9-18-5-2-3-6-18/h10,12-15,18-19H,2-8,16H2,1H3,(H,30,33). The summed E-state index contributed by atoms with van der Waals surface area (Å²) in [7, 11) is 0. The van der Waals surface area contributed by atoms with Crippen molar-refractivity contribution in [2.24, 2.45) is 11.8 Å². The number of halogens is 2. The molecule has 2 heterocycles. The van der Waals surface area contributed by atoms with Gasteiger partial charge in [-0.1, -0.05) is 54.3 Å². The van der Waals surface area contributed by atoms with Gasteiger partial charge in [0, 0.05) is 22.4 Å². The molecule has 0 bridgehead atoms. The highest BCUT2D eigenvalue weighted by atomic mass is 35.5. The summed E-state index contributed by atoms with van der Waals surface area (Å²) >= 11 is 14.4. The summed E-state index contributed by atoms with van der Waals surface area (Å²) in [6.45, 7) is 2.45. The van der Waals surface area contributed by atoms with E-state index in [-0.39, 0.29) is 11.8 Å². The van der Waals surface area contributed by atoms with Crippen LogP contribution < -0.4 is 5.32 Å². The Morgan fingerprint density at radius 1 is 1.15 bits per heavy atom. The first-order chi connectivity index (χ1) is 16.5. The van der Waals surface area contributed by atoms with Crippen molar-refractivity contribution in [2.45, 2.75) is 58.4 Å². The van der Waals surface area contributed by atoms with Crippen molar-refractivity contribution in [3.63, 3.8) is 0 Å². The van der Waals surface area contributed by atoms with Gasteiger partial charge < -0.3 is 5.32 Å². The first-order valence-corrected chi connectivity index (χ1v) is 13.5. The molecule has 2 saturated carbocycles. The van der Waals surface area contributed by atoms with Crippen LogP contribution in [0.4, 0.5) is 0 Å². The zero-order valence-corrected chi connectivity index (χ0v) is 21.5. The topological polar surface area (TPSA) is 46.9 Å². The smallest absolute Gasteiger partial charge is 0.223 e. The second-order valence-electron chi connectivity index (χ2n) is 9.19. The zero-order valence-electron chi connectivity index (χ0n) is 19.2. The number of carbonyl (C=O) groups excluding carboxylic acids is 1. The summed E-state index contributed by atoms with van der Waals surface area (Å²) in [5.74, 6) is 7.62. The highest BCUT2D eigenvalue weighted by Crippen LogP contribution is 2.36. The van der Waals surface area contributed by atoms with E-state index in [1.165, 1.54) is 25.7 Å². The molecule has 0 aliphatic heterocycles. The Hall–Kier alpha value is -2.26. The van der Waals surface area contributed by atoms with Crippen LogP contribution in [0.3, 0.4) is 0 Å². The maximum absolute atomic E-state index is 12.4. The lowest BCUT2D eigenvalue weighted by Gasteiger charge is -2.23. The van der Waals surface area contributed by atoms with Crippen LogP contribution in [-0.2, 0) is 11.3 Å². The fourth-order valence-corrected chi connectivity index (χ4v) is 6.03. The predicted molar refractivity (Wildman–Crippen MR) is 140 cm³/mol. The largest absolute Gasteiger partial charge is 0.350 e. The zero-order chi connectivity index (χ0) is 23.7. The van der Waals surface area contributed by atoms with E-state index < -0.39 is 0 Å². The summed E-state index contributed by atoms with van der Waals surface area (Å²) in [5.41, 5.74) is 3.58. The molecule has 34 heavy (non-hydrogen) atoms. The summed E-state index contributed by atoms with van der Waals surface area (Å²) in [6.07, 6.45) is 8.08. The molecule has 2 aliphatic rings. The number of hydrogen-bond donors (Lipinski definition) is 1. The van der Waals surface area contributed by atoms with Gasteiger partial charge in [0.15, 0.2) is 0 Å². The minimum absolute atomic E-state index is 0.117. The molecule has 2 aromatic heterocycles. The quantitative estimate of drug-likeness (QED) is 0.369. The molecular weight excluding hydrogens is 485 g/mol. The van der Waals surface area contributed by atoms with Crippen molar-refractivity contribution in [2.75, 3.05) is 0 Å². The van der Waals surface area contributed by atoms with Gasteiger partial charge in [0.2, 0.25) is 5.91 Å². The number of rotatable bonds is 5. The molecule has 1 N–H and O–H groups in total. The van der Waals surface area contributed by atoms with Crippen LogP contribution in [0.25, 0.3) is 16.3 Å². The van der Waals surface area contributed by atoms with Crippen LogP contribution in [0.5, 0.6) is 0 Å².